The predicted octanol–water partition coefficient (Wildman–Crippen LogP) is 8.60. The smallest absolute Gasteiger partial charge is 0.119 e. The van der Waals surface area contributed by atoms with E-state index in [0.717, 1.165) is 57.1 Å². The van der Waals surface area contributed by atoms with Gasteiger partial charge >= 0.3 is 0 Å². The van der Waals surface area contributed by atoms with Crippen LogP contribution in [0.5, 0.6) is 11.5 Å². The van der Waals surface area contributed by atoms with Gasteiger partial charge in [0.1, 0.15) is 11.5 Å². The number of nitrogens with zero attached hydrogens (tertiary/aromatic N) is 2. The number of ether oxygens (including phenoxy) is 2. The van der Waals surface area contributed by atoms with Gasteiger partial charge in [-0.25, -0.2) is 0 Å². The largest absolute Gasteiger partial charge is 0.494 e. The van der Waals surface area contributed by atoms with Gasteiger partial charge in [0.25, 0.3) is 0 Å². The zero-order valence-corrected chi connectivity index (χ0v) is 25.6. The van der Waals surface area contributed by atoms with Crippen molar-refractivity contribution in [2.75, 3.05) is 52.5 Å². The van der Waals surface area contributed by atoms with Gasteiger partial charge in [0.2, 0.25) is 0 Å². The number of rotatable bonds is 22. The van der Waals surface area contributed by atoms with Gasteiger partial charge in [0.15, 0.2) is 0 Å². The molecule has 1 aliphatic rings. The van der Waals surface area contributed by atoms with Crippen LogP contribution in [-0.4, -0.2) is 62.3 Å². The van der Waals surface area contributed by atoms with Crippen molar-refractivity contribution >= 4 is 0 Å². The first-order chi connectivity index (χ1) is 19.2. The Morgan fingerprint density at radius 1 is 0.513 bits per heavy atom. The number of benzene rings is 2. The van der Waals surface area contributed by atoms with Crippen molar-refractivity contribution in [3.63, 3.8) is 0 Å². The lowest BCUT2D eigenvalue weighted by Crippen LogP contribution is -2.28. The van der Waals surface area contributed by atoms with Gasteiger partial charge in [-0.05, 0) is 118 Å². The normalized spacial score (nSPS) is 12.3. The van der Waals surface area contributed by atoms with Crippen molar-refractivity contribution in [3.05, 3.63) is 47.5 Å². The lowest BCUT2D eigenvalue weighted by atomic mass is 10.1. The van der Waals surface area contributed by atoms with Crippen LogP contribution in [0.2, 0.25) is 0 Å². The molecular weight excluding hydrogens is 480 g/mol. The minimum Gasteiger partial charge on any atom is -0.494 e. The fourth-order valence-electron chi connectivity index (χ4n) is 5.50. The van der Waals surface area contributed by atoms with Crippen molar-refractivity contribution < 1.29 is 9.47 Å². The molecule has 4 heteroatoms. The van der Waals surface area contributed by atoms with E-state index in [1.165, 1.54) is 99.8 Å². The summed E-state index contributed by atoms with van der Waals surface area (Å²) in [5.41, 5.74) is 5.43. The van der Waals surface area contributed by atoms with E-state index < -0.39 is 0 Å². The molecule has 3 rings (SSSR count). The van der Waals surface area contributed by atoms with Crippen LogP contribution in [-0.2, 0) is 6.42 Å². The number of hydrogen-bond donors (Lipinski definition) is 0. The summed E-state index contributed by atoms with van der Waals surface area (Å²) in [7, 11) is 0. The van der Waals surface area contributed by atoms with Crippen LogP contribution in [0.25, 0.3) is 11.1 Å². The molecule has 218 valence electrons. The highest BCUT2D eigenvalue weighted by Gasteiger charge is 2.19. The fourth-order valence-corrected chi connectivity index (χ4v) is 5.50. The van der Waals surface area contributed by atoms with Crippen LogP contribution in [0.4, 0.5) is 0 Å². The van der Waals surface area contributed by atoms with E-state index in [1.807, 2.05) is 0 Å². The first-order valence-electron chi connectivity index (χ1n) is 16.1. The summed E-state index contributed by atoms with van der Waals surface area (Å²) in [6, 6.07) is 13.3. The van der Waals surface area contributed by atoms with E-state index >= 15 is 0 Å². The van der Waals surface area contributed by atoms with Gasteiger partial charge in [-0.15, -0.1) is 0 Å². The average Bonchev–Trinajstić information content (AvgIpc) is 3.32. The third-order valence-electron chi connectivity index (χ3n) is 7.91. The Balaban J connectivity index is 1.44. The molecule has 2 aromatic rings. The zero-order valence-electron chi connectivity index (χ0n) is 25.6. The van der Waals surface area contributed by atoms with Crippen LogP contribution in [0.3, 0.4) is 0 Å². The number of fused-ring (bicyclic) bond motifs is 3. The van der Waals surface area contributed by atoms with Crippen molar-refractivity contribution in [2.24, 2.45) is 0 Å². The summed E-state index contributed by atoms with van der Waals surface area (Å²) in [6.45, 7) is 17.8. The van der Waals surface area contributed by atoms with E-state index in [1.54, 1.807) is 0 Å². The third kappa shape index (κ3) is 10.8. The first kappa shape index (κ1) is 31.5. The predicted molar refractivity (Wildman–Crippen MR) is 167 cm³/mol. The van der Waals surface area contributed by atoms with Crippen LogP contribution in [0.1, 0.15) is 103 Å². The van der Waals surface area contributed by atoms with Crippen molar-refractivity contribution in [3.8, 4) is 22.6 Å². The molecule has 1 aliphatic carbocycles. The Labute approximate surface area is 240 Å². The molecule has 0 saturated heterocycles. The lowest BCUT2D eigenvalue weighted by molar-refractivity contribution is 0.229. The highest BCUT2D eigenvalue weighted by Crippen LogP contribution is 2.39. The summed E-state index contributed by atoms with van der Waals surface area (Å²) in [5.74, 6) is 2.00. The van der Waals surface area contributed by atoms with Gasteiger partial charge in [-0.1, -0.05) is 65.5 Å². The third-order valence-corrected chi connectivity index (χ3v) is 7.91. The van der Waals surface area contributed by atoms with E-state index in [2.05, 4.69) is 73.9 Å². The van der Waals surface area contributed by atoms with Crippen LogP contribution < -0.4 is 9.47 Å². The van der Waals surface area contributed by atoms with Gasteiger partial charge in [0.05, 0.1) is 13.2 Å². The SMILES string of the molecule is CCCCN(CCCC)CCCOc1ccc2c(c1)Cc1cc(OCCCN(CCCC)CCCC)ccc1-2. The van der Waals surface area contributed by atoms with Gasteiger partial charge < -0.3 is 19.3 Å². The molecule has 0 radical (unpaired) electrons. The lowest BCUT2D eigenvalue weighted by Gasteiger charge is -2.22. The second kappa shape index (κ2) is 18.3. The van der Waals surface area contributed by atoms with E-state index in [-0.39, 0.29) is 0 Å². The molecule has 0 bridgehead atoms. The number of unbranched alkanes of at least 4 members (excludes halogenated alkanes) is 4. The summed E-state index contributed by atoms with van der Waals surface area (Å²) < 4.78 is 12.4. The molecule has 0 spiro atoms. The Morgan fingerprint density at radius 3 is 1.23 bits per heavy atom. The molecule has 0 saturated carbocycles. The second-order valence-electron chi connectivity index (χ2n) is 11.3. The maximum atomic E-state index is 6.19. The maximum absolute atomic E-state index is 6.19. The van der Waals surface area contributed by atoms with Gasteiger partial charge in [-0.2, -0.15) is 0 Å². The molecule has 4 nitrogen and oxygen atoms in total. The molecule has 0 unspecified atom stereocenters. The Hall–Kier alpha value is -2.04. The monoisotopic (exact) mass is 536 g/mol. The Morgan fingerprint density at radius 2 is 0.872 bits per heavy atom. The molecule has 2 aromatic carbocycles. The van der Waals surface area contributed by atoms with Crippen LogP contribution in [0, 0.1) is 0 Å². The summed E-state index contributed by atoms with van der Waals surface area (Å²) in [5, 5.41) is 0. The summed E-state index contributed by atoms with van der Waals surface area (Å²) >= 11 is 0. The van der Waals surface area contributed by atoms with Crippen molar-refractivity contribution in [2.45, 2.75) is 98.3 Å². The van der Waals surface area contributed by atoms with E-state index in [4.69, 9.17) is 9.47 Å². The van der Waals surface area contributed by atoms with Gasteiger partial charge in [0, 0.05) is 13.1 Å². The number of hydrogen-bond acceptors (Lipinski definition) is 4. The molecule has 0 aromatic heterocycles. The molecule has 0 atom stereocenters. The highest BCUT2D eigenvalue weighted by molar-refractivity contribution is 5.78. The molecule has 0 heterocycles. The minimum absolute atomic E-state index is 0.785. The van der Waals surface area contributed by atoms with E-state index in [9.17, 15) is 0 Å². The molecular formula is C35H56N2O2. The molecule has 0 N–H and O–H groups in total. The highest BCUT2D eigenvalue weighted by atomic mass is 16.5. The van der Waals surface area contributed by atoms with Gasteiger partial charge in [-0.3, -0.25) is 0 Å². The van der Waals surface area contributed by atoms with Crippen molar-refractivity contribution in [1.82, 2.24) is 9.80 Å². The standard InChI is InChI=1S/C35H56N2O2/c1-5-9-19-36(20-10-6-2)23-13-25-38-32-15-17-34-30(28-32)27-31-29-33(16-18-35(31)34)39-26-14-24-37(21-11-7-3)22-12-8-4/h15-18,28-29H,5-14,19-27H2,1-4H3. The Kier molecular flexibility index (Phi) is 14.8. The topological polar surface area (TPSA) is 24.9 Å². The minimum atomic E-state index is 0.785. The molecule has 0 amide bonds. The Bertz CT molecular complexity index is 853. The average molecular weight is 537 g/mol. The first-order valence-corrected chi connectivity index (χ1v) is 16.1. The summed E-state index contributed by atoms with van der Waals surface area (Å²) in [4.78, 5) is 5.23. The van der Waals surface area contributed by atoms with Crippen LogP contribution >= 0.6 is 0 Å². The van der Waals surface area contributed by atoms with Crippen molar-refractivity contribution in [1.29, 1.82) is 0 Å². The van der Waals surface area contributed by atoms with Crippen LogP contribution in [0.15, 0.2) is 36.4 Å². The molecule has 0 fully saturated rings. The zero-order chi connectivity index (χ0) is 27.7. The maximum Gasteiger partial charge on any atom is 0.119 e. The molecule has 39 heavy (non-hydrogen) atoms. The quantitative estimate of drug-likeness (QED) is 0.120. The summed E-state index contributed by atoms with van der Waals surface area (Å²) in [6.07, 6.45) is 13.4. The van der Waals surface area contributed by atoms with E-state index in [0.29, 0.717) is 0 Å². The fraction of sp³-hybridized carbons (Fsp3) is 0.657. The second-order valence-corrected chi connectivity index (χ2v) is 11.3. The molecule has 0 aliphatic heterocycles.